The van der Waals surface area contributed by atoms with Crippen LogP contribution < -0.4 is 4.90 Å². The van der Waals surface area contributed by atoms with Gasteiger partial charge in [-0.1, -0.05) is 18.2 Å². The fourth-order valence-corrected chi connectivity index (χ4v) is 3.05. The first-order valence-corrected chi connectivity index (χ1v) is 5.68. The maximum atomic E-state index is 11.1. The molecule has 0 saturated heterocycles. The average Bonchev–Trinajstić information content (AvgIpc) is 3.01. The molecule has 1 aliphatic heterocycles. The summed E-state index contributed by atoms with van der Waals surface area (Å²) in [5.74, 6) is -0.804. The fourth-order valence-electron chi connectivity index (χ4n) is 3.05. The van der Waals surface area contributed by atoms with Crippen molar-refractivity contribution in [3.05, 3.63) is 29.8 Å². The molecule has 3 nitrogen and oxygen atoms in total. The van der Waals surface area contributed by atoms with E-state index in [-0.39, 0.29) is 11.3 Å². The van der Waals surface area contributed by atoms with Crippen LogP contribution in [0.5, 0.6) is 0 Å². The molecule has 1 aromatic carbocycles. The van der Waals surface area contributed by atoms with Gasteiger partial charge in [0, 0.05) is 24.7 Å². The van der Waals surface area contributed by atoms with E-state index >= 15 is 0 Å². The Hall–Kier alpha value is -1.51. The monoisotopic (exact) mass is 217 g/mol. The minimum atomic E-state index is -0.639. The molecule has 84 valence electrons. The van der Waals surface area contributed by atoms with Gasteiger partial charge in [-0.2, -0.15) is 0 Å². The lowest BCUT2D eigenvalue weighted by Crippen LogP contribution is -2.32. The predicted molar refractivity (Wildman–Crippen MR) is 61.7 cm³/mol. The number of para-hydroxylation sites is 1. The van der Waals surface area contributed by atoms with E-state index in [0.717, 1.165) is 19.4 Å². The molecule has 0 aromatic heterocycles. The summed E-state index contributed by atoms with van der Waals surface area (Å²) in [4.78, 5) is 13.3. The topological polar surface area (TPSA) is 40.5 Å². The zero-order chi connectivity index (χ0) is 11.3. The maximum absolute atomic E-state index is 11.1. The number of carbonyl (C=O) groups is 1. The second-order valence-corrected chi connectivity index (χ2v) is 4.94. The Morgan fingerprint density at radius 3 is 2.94 bits per heavy atom. The van der Waals surface area contributed by atoms with Gasteiger partial charge in [-0.25, -0.2) is 0 Å². The fraction of sp³-hybridized carbons (Fsp3) is 0.462. The Morgan fingerprint density at radius 2 is 2.25 bits per heavy atom. The summed E-state index contributed by atoms with van der Waals surface area (Å²) >= 11 is 0. The number of carboxylic acids is 1. The number of hydrogen-bond donors (Lipinski definition) is 1. The second kappa shape index (κ2) is 3.00. The van der Waals surface area contributed by atoms with Crippen LogP contribution in [0, 0.1) is 5.92 Å². The zero-order valence-electron chi connectivity index (χ0n) is 9.31. The van der Waals surface area contributed by atoms with Crippen molar-refractivity contribution in [1.82, 2.24) is 0 Å². The highest BCUT2D eigenvalue weighted by Crippen LogP contribution is 2.60. The van der Waals surface area contributed by atoms with Crippen LogP contribution in [0.25, 0.3) is 0 Å². The Morgan fingerprint density at radius 1 is 1.50 bits per heavy atom. The van der Waals surface area contributed by atoms with Crippen LogP contribution in [0.15, 0.2) is 24.3 Å². The Labute approximate surface area is 94.7 Å². The third-order valence-corrected chi connectivity index (χ3v) is 4.12. The van der Waals surface area contributed by atoms with E-state index in [1.807, 2.05) is 12.1 Å². The lowest BCUT2D eigenvalue weighted by molar-refractivity contribution is -0.139. The largest absolute Gasteiger partial charge is 0.481 e. The van der Waals surface area contributed by atoms with Gasteiger partial charge in [-0.15, -0.1) is 0 Å². The number of fused-ring (bicyclic) bond motifs is 2. The number of benzene rings is 1. The predicted octanol–water partition coefficient (Wildman–Crippen LogP) is 1.87. The SMILES string of the molecule is CN1CCC2(CC2C(=O)O)c2ccccc21. The Bertz CT molecular complexity index is 457. The van der Waals surface area contributed by atoms with Gasteiger partial charge in [0.05, 0.1) is 5.92 Å². The van der Waals surface area contributed by atoms with Crippen molar-refractivity contribution in [1.29, 1.82) is 0 Å². The van der Waals surface area contributed by atoms with Gasteiger partial charge in [-0.3, -0.25) is 4.79 Å². The molecule has 3 rings (SSSR count). The van der Waals surface area contributed by atoms with E-state index in [1.54, 1.807) is 0 Å². The summed E-state index contributed by atoms with van der Waals surface area (Å²) in [5, 5.41) is 9.15. The molecular formula is C13H15NO2. The molecule has 3 heteroatoms. The van der Waals surface area contributed by atoms with Crippen LogP contribution in [0.3, 0.4) is 0 Å². The standard InChI is InChI=1S/C13H15NO2/c1-14-7-6-13(8-10(13)12(15)16)9-4-2-3-5-11(9)14/h2-5,10H,6-8H2,1H3,(H,15,16). The Balaban J connectivity index is 2.07. The molecule has 2 aliphatic rings. The van der Waals surface area contributed by atoms with Gasteiger partial charge in [0.25, 0.3) is 0 Å². The van der Waals surface area contributed by atoms with Gasteiger partial charge in [-0.05, 0) is 24.5 Å². The number of carboxylic acid groups (broad SMARTS) is 1. The maximum Gasteiger partial charge on any atom is 0.307 e. The number of hydrogen-bond acceptors (Lipinski definition) is 2. The zero-order valence-corrected chi connectivity index (χ0v) is 9.31. The van der Waals surface area contributed by atoms with E-state index in [9.17, 15) is 4.79 Å². The molecule has 1 saturated carbocycles. The normalized spacial score (nSPS) is 31.3. The third kappa shape index (κ3) is 1.11. The summed E-state index contributed by atoms with van der Waals surface area (Å²) in [6, 6.07) is 8.21. The molecule has 2 atom stereocenters. The van der Waals surface area contributed by atoms with Crippen molar-refractivity contribution in [3.63, 3.8) is 0 Å². The molecule has 1 aliphatic carbocycles. The first kappa shape index (κ1) is 9.70. The van der Waals surface area contributed by atoms with Gasteiger partial charge in [0.15, 0.2) is 0 Å². The lowest BCUT2D eigenvalue weighted by Gasteiger charge is -2.33. The molecule has 1 spiro atoms. The highest BCUT2D eigenvalue weighted by atomic mass is 16.4. The van der Waals surface area contributed by atoms with Crippen LogP contribution in [0.2, 0.25) is 0 Å². The van der Waals surface area contributed by atoms with Gasteiger partial charge < -0.3 is 10.0 Å². The number of aliphatic carboxylic acids is 1. The smallest absolute Gasteiger partial charge is 0.307 e. The lowest BCUT2D eigenvalue weighted by atomic mass is 9.85. The minimum Gasteiger partial charge on any atom is -0.481 e. The molecule has 0 amide bonds. The summed E-state index contributed by atoms with van der Waals surface area (Å²) in [7, 11) is 2.07. The summed E-state index contributed by atoms with van der Waals surface area (Å²) in [6.07, 6.45) is 1.78. The molecule has 1 aromatic rings. The van der Waals surface area contributed by atoms with E-state index in [2.05, 4.69) is 24.1 Å². The summed E-state index contributed by atoms with van der Waals surface area (Å²) < 4.78 is 0. The highest BCUT2D eigenvalue weighted by molar-refractivity contribution is 5.79. The van der Waals surface area contributed by atoms with Crippen LogP contribution in [-0.4, -0.2) is 24.7 Å². The van der Waals surface area contributed by atoms with Crippen molar-refractivity contribution < 1.29 is 9.90 Å². The second-order valence-electron chi connectivity index (χ2n) is 4.94. The van der Waals surface area contributed by atoms with E-state index in [0.29, 0.717) is 0 Å². The molecular weight excluding hydrogens is 202 g/mol. The van der Waals surface area contributed by atoms with Crippen LogP contribution >= 0.6 is 0 Å². The molecule has 1 N–H and O–H groups in total. The van der Waals surface area contributed by atoms with E-state index in [4.69, 9.17) is 5.11 Å². The Kier molecular flexibility index (Phi) is 1.82. The van der Waals surface area contributed by atoms with E-state index in [1.165, 1.54) is 11.3 Å². The number of nitrogens with zero attached hydrogens (tertiary/aromatic N) is 1. The molecule has 1 fully saturated rings. The average molecular weight is 217 g/mol. The van der Waals surface area contributed by atoms with Crippen molar-refractivity contribution >= 4 is 11.7 Å². The van der Waals surface area contributed by atoms with Gasteiger partial charge in [0.1, 0.15) is 0 Å². The van der Waals surface area contributed by atoms with Gasteiger partial charge in [0.2, 0.25) is 0 Å². The van der Waals surface area contributed by atoms with Crippen LogP contribution in [0.4, 0.5) is 5.69 Å². The summed E-state index contributed by atoms with van der Waals surface area (Å²) in [6.45, 7) is 0.959. The van der Waals surface area contributed by atoms with Crippen molar-refractivity contribution in [2.45, 2.75) is 18.3 Å². The van der Waals surface area contributed by atoms with Crippen molar-refractivity contribution in [2.24, 2.45) is 5.92 Å². The molecule has 0 bridgehead atoms. The van der Waals surface area contributed by atoms with Crippen LogP contribution in [0.1, 0.15) is 18.4 Å². The minimum absolute atomic E-state index is 0.0606. The van der Waals surface area contributed by atoms with Crippen molar-refractivity contribution in [3.8, 4) is 0 Å². The molecule has 2 unspecified atom stereocenters. The van der Waals surface area contributed by atoms with Gasteiger partial charge >= 0.3 is 5.97 Å². The summed E-state index contributed by atoms with van der Waals surface area (Å²) in [5.41, 5.74) is 2.38. The van der Waals surface area contributed by atoms with E-state index < -0.39 is 5.97 Å². The number of anilines is 1. The first-order chi connectivity index (χ1) is 7.65. The highest BCUT2D eigenvalue weighted by Gasteiger charge is 2.61. The van der Waals surface area contributed by atoms with Crippen molar-refractivity contribution in [2.75, 3.05) is 18.5 Å². The molecule has 0 radical (unpaired) electrons. The molecule has 1 heterocycles. The third-order valence-electron chi connectivity index (χ3n) is 4.12. The van der Waals surface area contributed by atoms with Crippen LogP contribution in [-0.2, 0) is 10.2 Å². The quantitative estimate of drug-likeness (QED) is 0.780. The first-order valence-electron chi connectivity index (χ1n) is 5.68. The molecule has 16 heavy (non-hydrogen) atoms. The number of rotatable bonds is 1.